The van der Waals surface area contributed by atoms with Gasteiger partial charge in [0.05, 0.1) is 0 Å². The molecule has 0 amide bonds. The highest BCUT2D eigenvalue weighted by atomic mass is 16.5. The monoisotopic (exact) mass is 262 g/mol. The minimum atomic E-state index is -0.382. The summed E-state index contributed by atoms with van der Waals surface area (Å²) in [6.45, 7) is 8.78. The van der Waals surface area contributed by atoms with Crippen LogP contribution in [0.3, 0.4) is 0 Å². The SMILES string of the molecule is CCOC1C(=O)CC1Oc1cc(C(C)C)ccc1C. The van der Waals surface area contributed by atoms with Gasteiger partial charge in [0, 0.05) is 13.0 Å². The third-order valence-corrected chi connectivity index (χ3v) is 3.56. The summed E-state index contributed by atoms with van der Waals surface area (Å²) >= 11 is 0. The lowest BCUT2D eigenvalue weighted by Crippen LogP contribution is -2.52. The Hall–Kier alpha value is -1.35. The van der Waals surface area contributed by atoms with E-state index in [1.807, 2.05) is 13.8 Å². The lowest BCUT2D eigenvalue weighted by molar-refractivity contribution is -0.154. The zero-order chi connectivity index (χ0) is 14.0. The minimum absolute atomic E-state index is 0.131. The predicted molar refractivity (Wildman–Crippen MR) is 74.7 cm³/mol. The Balaban J connectivity index is 2.10. The molecule has 0 aliphatic heterocycles. The number of hydrogen-bond donors (Lipinski definition) is 0. The van der Waals surface area contributed by atoms with E-state index < -0.39 is 0 Å². The summed E-state index contributed by atoms with van der Waals surface area (Å²) in [6, 6.07) is 6.27. The van der Waals surface area contributed by atoms with Gasteiger partial charge in [-0.3, -0.25) is 4.79 Å². The molecule has 0 aromatic heterocycles. The largest absolute Gasteiger partial charge is 0.486 e. The van der Waals surface area contributed by atoms with Crippen LogP contribution in [0.4, 0.5) is 0 Å². The van der Waals surface area contributed by atoms with Gasteiger partial charge in [-0.25, -0.2) is 0 Å². The third kappa shape index (κ3) is 2.98. The molecule has 0 bridgehead atoms. The van der Waals surface area contributed by atoms with Crippen LogP contribution >= 0.6 is 0 Å². The highest BCUT2D eigenvalue weighted by Crippen LogP contribution is 2.30. The highest BCUT2D eigenvalue weighted by Gasteiger charge is 2.42. The summed E-state index contributed by atoms with van der Waals surface area (Å²) in [5.74, 6) is 1.48. The van der Waals surface area contributed by atoms with Crippen molar-refractivity contribution in [3.05, 3.63) is 29.3 Å². The van der Waals surface area contributed by atoms with Crippen LogP contribution in [-0.2, 0) is 9.53 Å². The van der Waals surface area contributed by atoms with Crippen LogP contribution < -0.4 is 4.74 Å². The van der Waals surface area contributed by atoms with Gasteiger partial charge in [0.25, 0.3) is 0 Å². The molecule has 2 unspecified atom stereocenters. The molecular weight excluding hydrogens is 240 g/mol. The number of aryl methyl sites for hydroxylation is 1. The molecule has 1 fully saturated rings. The van der Waals surface area contributed by atoms with Crippen molar-refractivity contribution in [1.82, 2.24) is 0 Å². The fourth-order valence-corrected chi connectivity index (χ4v) is 2.22. The Morgan fingerprint density at radius 2 is 2.11 bits per heavy atom. The molecule has 2 atom stereocenters. The molecule has 3 heteroatoms. The number of carbonyl (C=O) groups is 1. The Morgan fingerprint density at radius 3 is 2.68 bits per heavy atom. The zero-order valence-corrected chi connectivity index (χ0v) is 12.1. The molecule has 1 aliphatic rings. The van der Waals surface area contributed by atoms with Crippen LogP contribution in [0.5, 0.6) is 5.75 Å². The quantitative estimate of drug-likeness (QED) is 0.817. The minimum Gasteiger partial charge on any atom is -0.486 e. The van der Waals surface area contributed by atoms with Crippen molar-refractivity contribution in [3.63, 3.8) is 0 Å². The fraction of sp³-hybridized carbons (Fsp3) is 0.562. The standard InChI is InChI=1S/C16H22O3/c1-5-18-16-13(17)9-15(16)19-14-8-12(10(2)3)7-6-11(14)4/h6-8,10,15-16H,5,9H2,1-4H3. The van der Waals surface area contributed by atoms with Crippen LogP contribution in [0.25, 0.3) is 0 Å². The Bertz CT molecular complexity index is 465. The van der Waals surface area contributed by atoms with E-state index in [1.54, 1.807) is 0 Å². The van der Waals surface area contributed by atoms with Crippen LogP contribution in [0, 0.1) is 6.92 Å². The van der Waals surface area contributed by atoms with Gasteiger partial charge >= 0.3 is 0 Å². The lowest BCUT2D eigenvalue weighted by Gasteiger charge is -2.35. The first kappa shape index (κ1) is 14.1. The van der Waals surface area contributed by atoms with Gasteiger partial charge in [-0.2, -0.15) is 0 Å². The van der Waals surface area contributed by atoms with Gasteiger partial charge in [-0.1, -0.05) is 26.0 Å². The summed E-state index contributed by atoms with van der Waals surface area (Å²) in [5, 5.41) is 0. The molecule has 19 heavy (non-hydrogen) atoms. The first-order valence-electron chi connectivity index (χ1n) is 6.94. The molecule has 0 radical (unpaired) electrons. The molecule has 1 aromatic carbocycles. The van der Waals surface area contributed by atoms with E-state index in [-0.39, 0.29) is 18.0 Å². The summed E-state index contributed by atoms with van der Waals surface area (Å²) in [4.78, 5) is 11.5. The Kier molecular flexibility index (Phi) is 4.25. The third-order valence-electron chi connectivity index (χ3n) is 3.56. The van der Waals surface area contributed by atoms with Gasteiger partial charge in [0.15, 0.2) is 11.9 Å². The maximum Gasteiger partial charge on any atom is 0.169 e. The van der Waals surface area contributed by atoms with Crippen LogP contribution in [0.2, 0.25) is 0 Å². The first-order valence-corrected chi connectivity index (χ1v) is 6.94. The van der Waals surface area contributed by atoms with E-state index in [2.05, 4.69) is 32.0 Å². The fourth-order valence-electron chi connectivity index (χ4n) is 2.22. The molecule has 1 aromatic rings. The summed E-state index contributed by atoms with van der Waals surface area (Å²) in [5.41, 5.74) is 2.35. The zero-order valence-electron chi connectivity index (χ0n) is 12.1. The number of ether oxygens (including phenoxy) is 2. The predicted octanol–water partition coefficient (Wildman–Crippen LogP) is 3.24. The number of carbonyl (C=O) groups excluding carboxylic acids is 1. The number of Topliss-reactive ketones (excluding diaryl/α,β-unsaturated/α-hetero) is 1. The Morgan fingerprint density at radius 1 is 1.37 bits per heavy atom. The maximum absolute atomic E-state index is 11.5. The smallest absolute Gasteiger partial charge is 0.169 e. The second-order valence-corrected chi connectivity index (χ2v) is 5.38. The van der Waals surface area contributed by atoms with Gasteiger partial charge in [0.1, 0.15) is 11.9 Å². The van der Waals surface area contributed by atoms with E-state index in [9.17, 15) is 4.79 Å². The average Bonchev–Trinajstić information content (AvgIpc) is 2.37. The van der Waals surface area contributed by atoms with E-state index >= 15 is 0 Å². The van der Waals surface area contributed by atoms with Crippen molar-refractivity contribution in [1.29, 1.82) is 0 Å². The van der Waals surface area contributed by atoms with Crippen molar-refractivity contribution in [2.75, 3.05) is 6.61 Å². The van der Waals surface area contributed by atoms with Gasteiger partial charge in [-0.05, 0) is 37.0 Å². The molecule has 0 saturated heterocycles. The number of hydrogen-bond acceptors (Lipinski definition) is 3. The summed E-state index contributed by atoms with van der Waals surface area (Å²) in [6.07, 6.45) is -0.0589. The second kappa shape index (κ2) is 5.74. The van der Waals surface area contributed by atoms with Gasteiger partial charge in [-0.15, -0.1) is 0 Å². The molecule has 0 N–H and O–H groups in total. The molecule has 104 valence electrons. The molecule has 0 heterocycles. The maximum atomic E-state index is 11.5. The second-order valence-electron chi connectivity index (χ2n) is 5.38. The molecule has 3 nitrogen and oxygen atoms in total. The average molecular weight is 262 g/mol. The topological polar surface area (TPSA) is 35.5 Å². The molecular formula is C16H22O3. The van der Waals surface area contributed by atoms with Crippen molar-refractivity contribution in [2.45, 2.75) is 52.2 Å². The van der Waals surface area contributed by atoms with Crippen molar-refractivity contribution >= 4 is 5.78 Å². The van der Waals surface area contributed by atoms with Crippen LogP contribution in [0.1, 0.15) is 44.2 Å². The summed E-state index contributed by atoms with van der Waals surface area (Å²) < 4.78 is 11.4. The van der Waals surface area contributed by atoms with Crippen molar-refractivity contribution in [2.24, 2.45) is 0 Å². The lowest BCUT2D eigenvalue weighted by atomic mass is 9.89. The number of benzene rings is 1. The van der Waals surface area contributed by atoms with Crippen molar-refractivity contribution in [3.8, 4) is 5.75 Å². The molecule has 1 aliphatic carbocycles. The highest BCUT2D eigenvalue weighted by molar-refractivity contribution is 5.90. The normalized spacial score (nSPS) is 22.5. The van der Waals surface area contributed by atoms with E-state index in [1.165, 1.54) is 5.56 Å². The molecule has 2 rings (SSSR count). The summed E-state index contributed by atoms with van der Waals surface area (Å²) in [7, 11) is 0. The van der Waals surface area contributed by atoms with Gasteiger partial charge in [0.2, 0.25) is 0 Å². The first-order chi connectivity index (χ1) is 9.02. The number of rotatable bonds is 5. The Labute approximate surface area is 114 Å². The van der Waals surface area contributed by atoms with E-state index in [0.717, 1.165) is 11.3 Å². The van der Waals surface area contributed by atoms with Crippen LogP contribution in [0.15, 0.2) is 18.2 Å². The van der Waals surface area contributed by atoms with Gasteiger partial charge < -0.3 is 9.47 Å². The van der Waals surface area contributed by atoms with E-state index in [4.69, 9.17) is 9.47 Å². The molecule has 0 spiro atoms. The molecule has 1 saturated carbocycles. The van der Waals surface area contributed by atoms with Crippen molar-refractivity contribution < 1.29 is 14.3 Å². The van der Waals surface area contributed by atoms with E-state index in [0.29, 0.717) is 18.9 Å². The number of ketones is 1. The van der Waals surface area contributed by atoms with Crippen LogP contribution in [-0.4, -0.2) is 24.6 Å².